The SMILES string of the molecule is O=C(Nc1nc(-c2ccccc2)c(-c2ccc([N+](=O)[O-])cc2)s1)c1ccc([N+](=O)[O-])cc1. The highest BCUT2D eigenvalue weighted by atomic mass is 32.1. The molecule has 0 aliphatic carbocycles. The van der Waals surface area contributed by atoms with Gasteiger partial charge in [0.25, 0.3) is 17.3 Å². The van der Waals surface area contributed by atoms with E-state index in [4.69, 9.17) is 0 Å². The fraction of sp³-hybridized carbons (Fsp3) is 0. The highest BCUT2D eigenvalue weighted by Gasteiger charge is 2.18. The number of aromatic nitrogens is 1. The first-order chi connectivity index (χ1) is 15.4. The quantitative estimate of drug-likeness (QED) is 0.306. The van der Waals surface area contributed by atoms with E-state index in [0.717, 1.165) is 16.0 Å². The number of nitro benzene ring substituents is 2. The standard InChI is InChI=1S/C22H14N4O5S/c27-21(16-8-12-18(13-9-16)26(30)31)24-22-23-19(14-4-2-1-3-5-14)20(32-22)15-6-10-17(11-7-15)25(28)29/h1-13H,(H,23,24,27). The van der Waals surface area contributed by atoms with Gasteiger partial charge in [0, 0.05) is 35.4 Å². The Balaban J connectivity index is 1.68. The lowest BCUT2D eigenvalue weighted by molar-refractivity contribution is -0.385. The molecule has 0 unspecified atom stereocenters. The first-order valence-electron chi connectivity index (χ1n) is 9.29. The van der Waals surface area contributed by atoms with Crippen LogP contribution in [0.15, 0.2) is 78.9 Å². The normalized spacial score (nSPS) is 10.5. The molecule has 1 N–H and O–H groups in total. The average Bonchev–Trinajstić information content (AvgIpc) is 3.23. The average molecular weight is 446 g/mol. The predicted molar refractivity (Wildman–Crippen MR) is 121 cm³/mol. The lowest BCUT2D eigenvalue weighted by Gasteiger charge is -2.02. The molecule has 0 aliphatic rings. The summed E-state index contributed by atoms with van der Waals surface area (Å²) < 4.78 is 0. The smallest absolute Gasteiger partial charge is 0.269 e. The number of nitrogens with one attached hydrogen (secondary N) is 1. The van der Waals surface area contributed by atoms with E-state index in [0.29, 0.717) is 10.8 Å². The van der Waals surface area contributed by atoms with Crippen LogP contribution >= 0.6 is 11.3 Å². The Hall–Kier alpha value is -4.44. The van der Waals surface area contributed by atoms with Gasteiger partial charge < -0.3 is 0 Å². The molecule has 3 aromatic carbocycles. The van der Waals surface area contributed by atoms with Crippen molar-refractivity contribution in [3.63, 3.8) is 0 Å². The van der Waals surface area contributed by atoms with E-state index in [9.17, 15) is 25.0 Å². The van der Waals surface area contributed by atoms with Crippen LogP contribution in [0.3, 0.4) is 0 Å². The lowest BCUT2D eigenvalue weighted by atomic mass is 10.1. The number of thiazole rings is 1. The summed E-state index contributed by atoms with van der Waals surface area (Å²) in [5, 5.41) is 24.8. The zero-order valence-corrected chi connectivity index (χ0v) is 17.1. The molecule has 4 rings (SSSR count). The molecule has 0 spiro atoms. The maximum absolute atomic E-state index is 12.6. The number of carbonyl (C=O) groups excluding carboxylic acids is 1. The monoisotopic (exact) mass is 446 g/mol. The zero-order chi connectivity index (χ0) is 22.7. The molecule has 0 fully saturated rings. The van der Waals surface area contributed by atoms with E-state index in [2.05, 4.69) is 10.3 Å². The van der Waals surface area contributed by atoms with Gasteiger partial charge in [0.05, 0.1) is 20.4 Å². The molecule has 0 radical (unpaired) electrons. The Morgan fingerprint density at radius 1 is 0.781 bits per heavy atom. The molecule has 0 aliphatic heterocycles. The maximum Gasteiger partial charge on any atom is 0.269 e. The van der Waals surface area contributed by atoms with Gasteiger partial charge in [-0.05, 0) is 29.8 Å². The third-order valence-corrected chi connectivity index (χ3v) is 5.60. The van der Waals surface area contributed by atoms with Crippen molar-refractivity contribution in [3.8, 4) is 21.7 Å². The third-order valence-electron chi connectivity index (χ3n) is 4.58. The molecule has 0 saturated heterocycles. The lowest BCUT2D eigenvalue weighted by Crippen LogP contribution is -2.11. The number of benzene rings is 3. The van der Waals surface area contributed by atoms with Crippen LogP contribution < -0.4 is 5.32 Å². The third kappa shape index (κ3) is 4.35. The van der Waals surface area contributed by atoms with Gasteiger partial charge in [-0.1, -0.05) is 41.7 Å². The van der Waals surface area contributed by atoms with Crippen LogP contribution in [0.5, 0.6) is 0 Å². The highest BCUT2D eigenvalue weighted by Crippen LogP contribution is 2.39. The molecule has 0 saturated carbocycles. The minimum Gasteiger partial charge on any atom is -0.298 e. The van der Waals surface area contributed by atoms with Gasteiger partial charge in [0.1, 0.15) is 0 Å². The van der Waals surface area contributed by atoms with E-state index in [1.54, 1.807) is 12.1 Å². The number of nitrogens with zero attached hydrogens (tertiary/aromatic N) is 3. The van der Waals surface area contributed by atoms with Crippen molar-refractivity contribution in [3.05, 3.63) is 105 Å². The number of amides is 1. The molecule has 0 atom stereocenters. The second-order valence-electron chi connectivity index (χ2n) is 6.62. The Morgan fingerprint density at radius 2 is 1.34 bits per heavy atom. The van der Waals surface area contributed by atoms with Gasteiger partial charge in [0.15, 0.2) is 5.13 Å². The van der Waals surface area contributed by atoms with Crippen molar-refractivity contribution < 1.29 is 14.6 Å². The number of anilines is 1. The summed E-state index contributed by atoms with van der Waals surface area (Å²) in [6.45, 7) is 0. The first kappa shape index (κ1) is 20.8. The zero-order valence-electron chi connectivity index (χ0n) is 16.3. The number of hydrogen-bond donors (Lipinski definition) is 1. The summed E-state index contributed by atoms with van der Waals surface area (Å²) in [6.07, 6.45) is 0. The summed E-state index contributed by atoms with van der Waals surface area (Å²) in [5.74, 6) is -0.455. The van der Waals surface area contributed by atoms with E-state index in [1.165, 1.54) is 47.7 Å². The molecular weight excluding hydrogens is 432 g/mol. The number of rotatable bonds is 6. The molecule has 0 bridgehead atoms. The van der Waals surface area contributed by atoms with Crippen LogP contribution in [0.1, 0.15) is 10.4 Å². The fourth-order valence-corrected chi connectivity index (χ4v) is 3.99. The number of hydrogen-bond acceptors (Lipinski definition) is 7. The van der Waals surface area contributed by atoms with Crippen LogP contribution in [0, 0.1) is 20.2 Å². The summed E-state index contributed by atoms with van der Waals surface area (Å²) in [5.41, 5.74) is 2.30. The Kier molecular flexibility index (Phi) is 5.69. The fourth-order valence-electron chi connectivity index (χ4n) is 3.00. The first-order valence-corrected chi connectivity index (χ1v) is 10.1. The molecule has 10 heteroatoms. The second kappa shape index (κ2) is 8.74. The van der Waals surface area contributed by atoms with E-state index >= 15 is 0 Å². The molecule has 158 valence electrons. The van der Waals surface area contributed by atoms with Gasteiger partial charge in [-0.15, -0.1) is 0 Å². The van der Waals surface area contributed by atoms with E-state index in [1.807, 2.05) is 30.3 Å². The largest absolute Gasteiger partial charge is 0.298 e. The summed E-state index contributed by atoms with van der Waals surface area (Å²) >= 11 is 1.23. The summed E-state index contributed by atoms with van der Waals surface area (Å²) in [6, 6.07) is 20.7. The number of carbonyl (C=O) groups is 1. The van der Waals surface area contributed by atoms with E-state index in [-0.39, 0.29) is 16.9 Å². The van der Waals surface area contributed by atoms with Crippen molar-refractivity contribution >= 4 is 33.8 Å². The molecule has 1 heterocycles. The summed E-state index contributed by atoms with van der Waals surface area (Å²) in [7, 11) is 0. The predicted octanol–water partition coefficient (Wildman–Crippen LogP) is 5.55. The van der Waals surface area contributed by atoms with Crippen molar-refractivity contribution in [1.29, 1.82) is 0 Å². The topological polar surface area (TPSA) is 128 Å². The molecule has 1 amide bonds. The maximum atomic E-state index is 12.6. The minimum atomic E-state index is -0.537. The highest BCUT2D eigenvalue weighted by molar-refractivity contribution is 7.19. The summed E-state index contributed by atoms with van der Waals surface area (Å²) in [4.78, 5) is 38.7. The van der Waals surface area contributed by atoms with Crippen molar-refractivity contribution in [2.24, 2.45) is 0 Å². The van der Waals surface area contributed by atoms with Crippen LogP contribution in [0.25, 0.3) is 21.7 Å². The van der Waals surface area contributed by atoms with Crippen LogP contribution in [0.4, 0.5) is 16.5 Å². The van der Waals surface area contributed by atoms with Crippen LogP contribution in [-0.4, -0.2) is 20.7 Å². The van der Waals surface area contributed by atoms with Gasteiger partial charge in [-0.2, -0.15) is 0 Å². The van der Waals surface area contributed by atoms with Crippen molar-refractivity contribution in [1.82, 2.24) is 4.98 Å². The Labute approximate surface area is 185 Å². The van der Waals surface area contributed by atoms with Crippen molar-refractivity contribution in [2.75, 3.05) is 5.32 Å². The van der Waals surface area contributed by atoms with Gasteiger partial charge in [-0.3, -0.25) is 30.3 Å². The van der Waals surface area contributed by atoms with Crippen LogP contribution in [-0.2, 0) is 0 Å². The van der Waals surface area contributed by atoms with Gasteiger partial charge in [-0.25, -0.2) is 4.98 Å². The minimum absolute atomic E-state index is 0.0220. The van der Waals surface area contributed by atoms with Gasteiger partial charge in [0.2, 0.25) is 0 Å². The molecule has 32 heavy (non-hydrogen) atoms. The molecule has 4 aromatic rings. The number of non-ortho nitro benzene ring substituents is 2. The molecular formula is C22H14N4O5S. The van der Waals surface area contributed by atoms with Crippen LogP contribution in [0.2, 0.25) is 0 Å². The Morgan fingerprint density at radius 3 is 1.91 bits per heavy atom. The van der Waals surface area contributed by atoms with E-state index < -0.39 is 15.8 Å². The second-order valence-corrected chi connectivity index (χ2v) is 7.62. The molecule has 9 nitrogen and oxygen atoms in total. The number of nitro groups is 2. The van der Waals surface area contributed by atoms with Crippen molar-refractivity contribution in [2.45, 2.75) is 0 Å². The Bertz CT molecular complexity index is 1300. The van der Waals surface area contributed by atoms with Gasteiger partial charge >= 0.3 is 0 Å². The molecule has 1 aromatic heterocycles.